The number of sulfonamides is 1. The Kier molecular flexibility index (Phi) is 5.09. The molecule has 1 heterocycles. The van der Waals surface area contributed by atoms with E-state index in [4.69, 9.17) is 5.73 Å². The minimum absolute atomic E-state index is 0.0371. The molecule has 1 unspecified atom stereocenters. The van der Waals surface area contributed by atoms with Gasteiger partial charge in [0.05, 0.1) is 6.10 Å². The molecule has 1 aromatic rings. The molecule has 0 saturated carbocycles. The molecule has 0 spiro atoms. The number of pyridine rings is 1. The van der Waals surface area contributed by atoms with E-state index in [1.807, 2.05) is 0 Å². The van der Waals surface area contributed by atoms with Gasteiger partial charge in [-0.25, -0.2) is 17.7 Å². The molecular weight excluding hydrogens is 322 g/mol. The molecule has 0 bridgehead atoms. The van der Waals surface area contributed by atoms with Crippen LogP contribution in [-0.4, -0.2) is 42.5 Å². The van der Waals surface area contributed by atoms with Crippen molar-refractivity contribution in [3.63, 3.8) is 0 Å². The number of aliphatic hydroxyl groups is 1. The molecular formula is C10H16BrN3O3S. The lowest BCUT2D eigenvalue weighted by atomic mass is 10.3. The zero-order valence-electron chi connectivity index (χ0n) is 10.2. The van der Waals surface area contributed by atoms with Gasteiger partial charge in [0.15, 0.2) is 0 Å². The van der Waals surface area contributed by atoms with E-state index in [9.17, 15) is 13.5 Å². The van der Waals surface area contributed by atoms with Crippen LogP contribution in [0.5, 0.6) is 0 Å². The number of hydrogen-bond acceptors (Lipinski definition) is 5. The molecule has 0 aromatic carbocycles. The molecule has 0 aliphatic heterocycles. The first kappa shape index (κ1) is 15.4. The van der Waals surface area contributed by atoms with Gasteiger partial charge in [0.25, 0.3) is 0 Å². The molecule has 1 atom stereocenters. The van der Waals surface area contributed by atoms with Crippen LogP contribution in [-0.2, 0) is 10.0 Å². The van der Waals surface area contributed by atoms with Gasteiger partial charge in [0.2, 0.25) is 10.0 Å². The van der Waals surface area contributed by atoms with Crippen LogP contribution in [0, 0.1) is 0 Å². The highest BCUT2D eigenvalue weighted by molar-refractivity contribution is 9.10. The van der Waals surface area contributed by atoms with E-state index in [1.165, 1.54) is 19.3 Å². The Morgan fingerprint density at radius 3 is 2.78 bits per heavy atom. The van der Waals surface area contributed by atoms with Gasteiger partial charge in [0, 0.05) is 24.3 Å². The Balaban J connectivity index is 3.02. The lowest BCUT2D eigenvalue weighted by Gasteiger charge is -2.18. The zero-order valence-corrected chi connectivity index (χ0v) is 12.6. The molecule has 3 N–H and O–H groups in total. The molecule has 0 aliphatic carbocycles. The van der Waals surface area contributed by atoms with E-state index >= 15 is 0 Å². The normalized spacial score (nSPS) is 13.8. The fourth-order valence-electron chi connectivity index (χ4n) is 1.29. The smallest absolute Gasteiger partial charge is 0.246 e. The highest BCUT2D eigenvalue weighted by atomic mass is 79.9. The fraction of sp³-hybridized carbons (Fsp3) is 0.500. The second-order valence-electron chi connectivity index (χ2n) is 4.00. The molecule has 0 aliphatic rings. The Bertz CT molecular complexity index is 519. The molecule has 0 saturated heterocycles. The Morgan fingerprint density at radius 2 is 2.22 bits per heavy atom. The van der Waals surface area contributed by atoms with Gasteiger partial charge in [0.1, 0.15) is 10.7 Å². The molecule has 0 amide bonds. The van der Waals surface area contributed by atoms with Crippen LogP contribution >= 0.6 is 15.9 Å². The average Bonchev–Trinajstić information content (AvgIpc) is 2.28. The Morgan fingerprint density at radius 1 is 1.61 bits per heavy atom. The van der Waals surface area contributed by atoms with Crippen molar-refractivity contribution >= 4 is 31.8 Å². The number of nitrogens with zero attached hydrogens (tertiary/aromatic N) is 2. The predicted octanol–water partition coefficient (Wildman–Crippen LogP) is 0.818. The second kappa shape index (κ2) is 5.96. The minimum atomic E-state index is -3.68. The fourth-order valence-corrected chi connectivity index (χ4v) is 3.05. The third kappa shape index (κ3) is 3.64. The summed E-state index contributed by atoms with van der Waals surface area (Å²) in [5, 5.41) is 9.17. The van der Waals surface area contributed by atoms with Crippen LogP contribution in [0.4, 0.5) is 5.82 Å². The summed E-state index contributed by atoms with van der Waals surface area (Å²) in [5.41, 5.74) is 5.58. The zero-order chi connectivity index (χ0) is 13.9. The van der Waals surface area contributed by atoms with Gasteiger partial charge < -0.3 is 10.8 Å². The van der Waals surface area contributed by atoms with Crippen molar-refractivity contribution in [3.05, 3.63) is 16.7 Å². The molecule has 6 nitrogen and oxygen atoms in total. The van der Waals surface area contributed by atoms with E-state index in [2.05, 4.69) is 20.9 Å². The highest BCUT2D eigenvalue weighted by Crippen LogP contribution is 2.23. The maximum Gasteiger partial charge on any atom is 0.246 e. The summed E-state index contributed by atoms with van der Waals surface area (Å²) < 4.78 is 26.1. The maximum absolute atomic E-state index is 12.2. The van der Waals surface area contributed by atoms with Crippen molar-refractivity contribution in [1.82, 2.24) is 9.29 Å². The number of anilines is 1. The van der Waals surface area contributed by atoms with Gasteiger partial charge in [-0.05, 0) is 35.3 Å². The van der Waals surface area contributed by atoms with Crippen LogP contribution in [0.3, 0.4) is 0 Å². The number of rotatable bonds is 5. The molecule has 102 valence electrons. The quantitative estimate of drug-likeness (QED) is 0.828. The first-order valence-corrected chi connectivity index (χ1v) is 7.54. The van der Waals surface area contributed by atoms with E-state index in [1.54, 1.807) is 6.92 Å². The third-order valence-corrected chi connectivity index (χ3v) is 4.72. The van der Waals surface area contributed by atoms with E-state index in [-0.39, 0.29) is 17.3 Å². The Labute approximate surface area is 115 Å². The number of hydrogen-bond donors (Lipinski definition) is 2. The molecule has 18 heavy (non-hydrogen) atoms. The van der Waals surface area contributed by atoms with E-state index in [0.717, 1.165) is 4.31 Å². The Hall–Kier alpha value is -0.700. The number of nitrogen functional groups attached to an aromatic ring is 1. The van der Waals surface area contributed by atoms with Crippen molar-refractivity contribution in [2.75, 3.05) is 19.3 Å². The van der Waals surface area contributed by atoms with Crippen molar-refractivity contribution < 1.29 is 13.5 Å². The highest BCUT2D eigenvalue weighted by Gasteiger charge is 2.24. The van der Waals surface area contributed by atoms with E-state index < -0.39 is 16.1 Å². The van der Waals surface area contributed by atoms with Crippen LogP contribution < -0.4 is 5.73 Å². The van der Waals surface area contributed by atoms with Gasteiger partial charge in [-0.3, -0.25) is 0 Å². The first-order valence-electron chi connectivity index (χ1n) is 5.30. The monoisotopic (exact) mass is 337 g/mol. The van der Waals surface area contributed by atoms with Gasteiger partial charge in [-0.15, -0.1) is 0 Å². The van der Waals surface area contributed by atoms with Crippen molar-refractivity contribution in [1.29, 1.82) is 0 Å². The van der Waals surface area contributed by atoms with Crippen molar-refractivity contribution in [3.8, 4) is 0 Å². The van der Waals surface area contributed by atoms with Crippen LogP contribution in [0.15, 0.2) is 21.6 Å². The van der Waals surface area contributed by atoms with E-state index in [0.29, 0.717) is 10.9 Å². The van der Waals surface area contributed by atoms with Crippen LogP contribution in [0.2, 0.25) is 0 Å². The molecule has 1 aromatic heterocycles. The molecule has 0 fully saturated rings. The second-order valence-corrected chi connectivity index (χ2v) is 6.93. The standard InChI is InChI=1S/C10H16BrN3O3S/c1-7(15)3-4-14(2)18(16,17)9-5-8(11)6-13-10(9)12/h5-7,15H,3-4H2,1-2H3,(H2,12,13). The summed E-state index contributed by atoms with van der Waals surface area (Å²) in [6, 6.07) is 1.41. The number of nitrogens with two attached hydrogens (primary N) is 1. The summed E-state index contributed by atoms with van der Waals surface area (Å²) in [7, 11) is -2.24. The van der Waals surface area contributed by atoms with Gasteiger partial charge in [-0.2, -0.15) is 0 Å². The van der Waals surface area contributed by atoms with Crippen LogP contribution in [0.1, 0.15) is 13.3 Å². The average molecular weight is 338 g/mol. The van der Waals surface area contributed by atoms with Gasteiger partial charge >= 0.3 is 0 Å². The summed E-state index contributed by atoms with van der Waals surface area (Å²) in [6.45, 7) is 1.82. The summed E-state index contributed by atoms with van der Waals surface area (Å²) in [5.74, 6) is -0.0397. The van der Waals surface area contributed by atoms with Crippen molar-refractivity contribution in [2.24, 2.45) is 0 Å². The lowest BCUT2D eigenvalue weighted by Crippen LogP contribution is -2.30. The SMILES string of the molecule is CC(O)CCN(C)S(=O)(=O)c1cc(Br)cnc1N. The van der Waals surface area contributed by atoms with Gasteiger partial charge in [-0.1, -0.05) is 0 Å². The third-order valence-electron chi connectivity index (χ3n) is 2.40. The molecule has 1 rings (SSSR count). The molecule has 8 heteroatoms. The minimum Gasteiger partial charge on any atom is -0.393 e. The summed E-state index contributed by atoms with van der Waals surface area (Å²) in [6.07, 6.45) is 1.24. The largest absolute Gasteiger partial charge is 0.393 e. The maximum atomic E-state index is 12.2. The van der Waals surface area contributed by atoms with Crippen LogP contribution in [0.25, 0.3) is 0 Å². The number of aliphatic hydroxyl groups excluding tert-OH is 1. The molecule has 0 radical (unpaired) electrons. The topological polar surface area (TPSA) is 96.5 Å². The lowest BCUT2D eigenvalue weighted by molar-refractivity contribution is 0.177. The summed E-state index contributed by atoms with van der Waals surface area (Å²) in [4.78, 5) is 3.76. The predicted molar refractivity (Wildman–Crippen MR) is 72.5 cm³/mol. The summed E-state index contributed by atoms with van der Waals surface area (Å²) >= 11 is 3.16. The van der Waals surface area contributed by atoms with Crippen molar-refractivity contribution in [2.45, 2.75) is 24.3 Å². The number of halogens is 1. The number of aromatic nitrogens is 1. The first-order chi connectivity index (χ1) is 8.25.